The van der Waals surface area contributed by atoms with Crippen molar-refractivity contribution >= 4 is 5.69 Å². The number of hydrogen-bond acceptors (Lipinski definition) is 5. The number of aliphatic hydroxyl groups excluding tert-OH is 1. The third kappa shape index (κ3) is 3.31. The Labute approximate surface area is 124 Å². The number of rotatable bonds is 8. The molecule has 0 bridgehead atoms. The smallest absolute Gasteiger partial charge is 0.119 e. The summed E-state index contributed by atoms with van der Waals surface area (Å²) in [4.78, 5) is 2.37. The van der Waals surface area contributed by atoms with Gasteiger partial charge in [-0.25, -0.2) is 0 Å². The summed E-state index contributed by atoms with van der Waals surface area (Å²) in [6, 6.07) is 8.66. The molecule has 0 amide bonds. The van der Waals surface area contributed by atoms with Gasteiger partial charge < -0.3 is 24.2 Å². The molecule has 21 heavy (non-hydrogen) atoms. The molecule has 1 N–H and O–H groups in total. The van der Waals surface area contributed by atoms with E-state index in [0.29, 0.717) is 24.7 Å². The second-order valence-corrected chi connectivity index (χ2v) is 6.11. The lowest BCUT2D eigenvalue weighted by Crippen LogP contribution is -2.31. The summed E-state index contributed by atoms with van der Waals surface area (Å²) < 4.78 is 16.2. The van der Waals surface area contributed by atoms with Gasteiger partial charge in [-0.1, -0.05) is 0 Å². The Morgan fingerprint density at radius 3 is 2.43 bits per heavy atom. The van der Waals surface area contributed by atoms with Crippen LogP contribution in [0.3, 0.4) is 0 Å². The summed E-state index contributed by atoms with van der Waals surface area (Å²) in [5.74, 6) is 1.29. The summed E-state index contributed by atoms with van der Waals surface area (Å²) in [6.07, 6.45) is 1.71. The minimum Gasteiger partial charge on any atom is -0.491 e. The average Bonchev–Trinajstić information content (AvgIpc) is 3.38. The Morgan fingerprint density at radius 1 is 1.14 bits per heavy atom. The lowest BCUT2D eigenvalue weighted by Gasteiger charge is -2.25. The molecule has 4 atom stereocenters. The molecule has 5 heteroatoms. The van der Waals surface area contributed by atoms with Crippen molar-refractivity contribution in [3.8, 4) is 5.75 Å². The van der Waals surface area contributed by atoms with Gasteiger partial charge in [0.2, 0.25) is 0 Å². The summed E-state index contributed by atoms with van der Waals surface area (Å²) in [5, 5.41) is 9.30. The third-order valence-corrected chi connectivity index (χ3v) is 4.33. The molecule has 0 radical (unpaired) electrons. The van der Waals surface area contributed by atoms with Crippen LogP contribution in [0, 0.1) is 5.92 Å². The maximum absolute atomic E-state index is 9.30. The van der Waals surface area contributed by atoms with E-state index in [0.717, 1.165) is 31.9 Å². The molecule has 3 aliphatic rings. The van der Waals surface area contributed by atoms with Crippen LogP contribution in [0.4, 0.5) is 5.69 Å². The SMILES string of the molecule is OCC1CC1N(CC1CO1)c1ccc(OCC2CO2)cc1. The fourth-order valence-corrected chi connectivity index (χ4v) is 2.72. The predicted molar refractivity (Wildman–Crippen MR) is 77.7 cm³/mol. The predicted octanol–water partition coefficient (Wildman–Crippen LogP) is 1.05. The van der Waals surface area contributed by atoms with Crippen molar-refractivity contribution in [1.82, 2.24) is 0 Å². The Balaban J connectivity index is 1.41. The summed E-state index contributed by atoms with van der Waals surface area (Å²) in [5.41, 5.74) is 1.18. The molecule has 1 aromatic rings. The van der Waals surface area contributed by atoms with Gasteiger partial charge in [0, 0.05) is 30.8 Å². The lowest BCUT2D eigenvalue weighted by molar-refractivity contribution is 0.263. The summed E-state index contributed by atoms with van der Waals surface area (Å²) in [7, 11) is 0. The van der Waals surface area contributed by atoms with E-state index in [1.165, 1.54) is 5.69 Å². The molecule has 1 aliphatic carbocycles. The second kappa shape index (κ2) is 5.48. The Bertz CT molecular complexity index is 484. The van der Waals surface area contributed by atoms with Gasteiger partial charge in [-0.3, -0.25) is 0 Å². The highest BCUT2D eigenvalue weighted by molar-refractivity contribution is 5.51. The molecule has 4 rings (SSSR count). The van der Waals surface area contributed by atoms with Crippen LogP contribution in [-0.4, -0.2) is 56.3 Å². The highest BCUT2D eigenvalue weighted by atomic mass is 16.6. The number of ether oxygens (including phenoxy) is 3. The molecule has 0 aromatic heterocycles. The maximum atomic E-state index is 9.30. The zero-order valence-corrected chi connectivity index (χ0v) is 12.0. The van der Waals surface area contributed by atoms with E-state index in [1.54, 1.807) is 0 Å². The van der Waals surface area contributed by atoms with Gasteiger partial charge in [0.1, 0.15) is 18.5 Å². The van der Waals surface area contributed by atoms with Crippen LogP contribution in [-0.2, 0) is 9.47 Å². The van der Waals surface area contributed by atoms with Gasteiger partial charge in [-0.15, -0.1) is 0 Å². The fraction of sp³-hybridized carbons (Fsp3) is 0.625. The first-order chi connectivity index (χ1) is 10.3. The van der Waals surface area contributed by atoms with Crippen LogP contribution in [0.1, 0.15) is 6.42 Å². The van der Waals surface area contributed by atoms with Crippen LogP contribution < -0.4 is 9.64 Å². The first-order valence-electron chi connectivity index (χ1n) is 7.67. The van der Waals surface area contributed by atoms with Crippen molar-refractivity contribution in [1.29, 1.82) is 0 Å². The minimum atomic E-state index is 0.273. The molecule has 2 saturated heterocycles. The van der Waals surface area contributed by atoms with Crippen molar-refractivity contribution in [2.75, 3.05) is 37.9 Å². The quantitative estimate of drug-likeness (QED) is 0.726. The number of benzene rings is 1. The van der Waals surface area contributed by atoms with E-state index in [9.17, 15) is 5.11 Å². The molecule has 4 unspecified atom stereocenters. The molecule has 1 saturated carbocycles. The van der Waals surface area contributed by atoms with Crippen LogP contribution in [0.25, 0.3) is 0 Å². The molecule has 114 valence electrons. The van der Waals surface area contributed by atoms with Crippen molar-refractivity contribution in [2.45, 2.75) is 24.7 Å². The van der Waals surface area contributed by atoms with E-state index in [4.69, 9.17) is 14.2 Å². The van der Waals surface area contributed by atoms with Gasteiger partial charge in [0.15, 0.2) is 0 Å². The van der Waals surface area contributed by atoms with Crippen molar-refractivity contribution < 1.29 is 19.3 Å². The molecule has 3 fully saturated rings. The number of nitrogens with zero attached hydrogens (tertiary/aromatic N) is 1. The Kier molecular flexibility index (Phi) is 3.49. The van der Waals surface area contributed by atoms with Crippen molar-refractivity contribution in [2.24, 2.45) is 5.92 Å². The zero-order chi connectivity index (χ0) is 14.2. The molecular weight excluding hydrogens is 270 g/mol. The second-order valence-electron chi connectivity index (χ2n) is 6.11. The largest absolute Gasteiger partial charge is 0.491 e. The molecule has 0 spiro atoms. The van der Waals surface area contributed by atoms with E-state index < -0.39 is 0 Å². The standard InChI is InChI=1S/C16H21NO4/c18-7-11-5-16(11)17(6-14-8-20-14)12-1-3-13(4-2-12)19-9-15-10-21-15/h1-4,11,14-16,18H,5-10H2. The zero-order valence-electron chi connectivity index (χ0n) is 12.0. The van der Waals surface area contributed by atoms with E-state index in [2.05, 4.69) is 17.0 Å². The van der Waals surface area contributed by atoms with Gasteiger partial charge in [-0.05, 0) is 30.7 Å². The van der Waals surface area contributed by atoms with E-state index in [1.807, 2.05) is 12.1 Å². The molecule has 1 aromatic carbocycles. The van der Waals surface area contributed by atoms with Crippen LogP contribution >= 0.6 is 0 Å². The van der Waals surface area contributed by atoms with Gasteiger partial charge in [-0.2, -0.15) is 0 Å². The summed E-state index contributed by atoms with van der Waals surface area (Å²) in [6.45, 7) is 3.49. The van der Waals surface area contributed by atoms with Gasteiger partial charge in [0.25, 0.3) is 0 Å². The molecule has 5 nitrogen and oxygen atoms in total. The van der Waals surface area contributed by atoms with Gasteiger partial charge in [0.05, 0.1) is 19.3 Å². The van der Waals surface area contributed by atoms with E-state index in [-0.39, 0.29) is 12.7 Å². The third-order valence-electron chi connectivity index (χ3n) is 4.33. The van der Waals surface area contributed by atoms with E-state index >= 15 is 0 Å². The van der Waals surface area contributed by atoms with Crippen molar-refractivity contribution in [3.63, 3.8) is 0 Å². The topological polar surface area (TPSA) is 57.8 Å². The highest BCUT2D eigenvalue weighted by Crippen LogP contribution is 2.39. The lowest BCUT2D eigenvalue weighted by atomic mass is 10.2. The van der Waals surface area contributed by atoms with Crippen LogP contribution in [0.5, 0.6) is 5.75 Å². The number of epoxide rings is 2. The maximum Gasteiger partial charge on any atom is 0.119 e. The van der Waals surface area contributed by atoms with Crippen molar-refractivity contribution in [3.05, 3.63) is 24.3 Å². The number of aliphatic hydroxyl groups is 1. The summed E-state index contributed by atoms with van der Waals surface area (Å²) >= 11 is 0. The first-order valence-corrected chi connectivity index (χ1v) is 7.67. The average molecular weight is 291 g/mol. The monoisotopic (exact) mass is 291 g/mol. The molecular formula is C16H21NO4. The normalized spacial score (nSPS) is 32.6. The fourth-order valence-electron chi connectivity index (χ4n) is 2.72. The van der Waals surface area contributed by atoms with Gasteiger partial charge >= 0.3 is 0 Å². The first kappa shape index (κ1) is 13.4. The minimum absolute atomic E-state index is 0.273. The number of anilines is 1. The molecule has 2 heterocycles. The van der Waals surface area contributed by atoms with Crippen LogP contribution in [0.2, 0.25) is 0 Å². The van der Waals surface area contributed by atoms with Crippen LogP contribution in [0.15, 0.2) is 24.3 Å². The molecule has 2 aliphatic heterocycles. The number of hydrogen-bond donors (Lipinski definition) is 1. The highest BCUT2D eigenvalue weighted by Gasteiger charge is 2.43. The Morgan fingerprint density at radius 2 is 1.86 bits per heavy atom. The Hall–Kier alpha value is -1.30.